The Hall–Kier alpha value is -1.81. The van der Waals surface area contributed by atoms with Crippen LogP contribution in [0.3, 0.4) is 0 Å². The molecule has 0 bridgehead atoms. The third kappa shape index (κ3) is 3.32. The summed E-state index contributed by atoms with van der Waals surface area (Å²) < 4.78 is 0. The molecule has 17 heavy (non-hydrogen) atoms. The molecule has 1 heterocycles. The summed E-state index contributed by atoms with van der Waals surface area (Å²) in [7, 11) is 0. The summed E-state index contributed by atoms with van der Waals surface area (Å²) in [6, 6.07) is 10.8. The molecule has 1 aromatic heterocycles. The summed E-state index contributed by atoms with van der Waals surface area (Å²) in [4.78, 5) is 15.8. The van der Waals surface area contributed by atoms with E-state index in [1.54, 1.807) is 30.1 Å². The number of carboxylic acids is 1. The van der Waals surface area contributed by atoms with Gasteiger partial charge in [0, 0.05) is 23.0 Å². The number of thioether (sulfide) groups is 1. The van der Waals surface area contributed by atoms with Crippen molar-refractivity contribution in [2.45, 2.75) is 10.6 Å². The van der Waals surface area contributed by atoms with Crippen LogP contribution in [0.15, 0.2) is 53.7 Å². The van der Waals surface area contributed by atoms with Crippen molar-refractivity contribution in [3.63, 3.8) is 0 Å². The molecule has 0 aliphatic carbocycles. The second-order valence-electron chi connectivity index (χ2n) is 3.48. The minimum atomic E-state index is -0.895. The first-order chi connectivity index (χ1) is 8.25. The standard InChI is InChI=1S/C13H11NO2S/c15-13(16)11-3-5-12(6-4-11)17-9-10-2-1-7-14-8-10/h1-8H,9H2,(H,15,16). The van der Waals surface area contributed by atoms with Crippen LogP contribution in [0, 0.1) is 0 Å². The zero-order valence-electron chi connectivity index (χ0n) is 9.04. The third-order valence-electron chi connectivity index (χ3n) is 2.23. The molecule has 0 atom stereocenters. The second-order valence-corrected chi connectivity index (χ2v) is 4.53. The number of carboxylic acid groups (broad SMARTS) is 1. The van der Waals surface area contributed by atoms with Gasteiger partial charge in [-0.3, -0.25) is 4.98 Å². The van der Waals surface area contributed by atoms with Gasteiger partial charge >= 0.3 is 5.97 Å². The van der Waals surface area contributed by atoms with Crippen LogP contribution in [0.2, 0.25) is 0 Å². The quantitative estimate of drug-likeness (QED) is 0.841. The zero-order valence-corrected chi connectivity index (χ0v) is 9.85. The molecular weight excluding hydrogens is 234 g/mol. The van der Waals surface area contributed by atoms with Gasteiger partial charge in [0.1, 0.15) is 0 Å². The highest BCUT2D eigenvalue weighted by Gasteiger charge is 2.02. The highest BCUT2D eigenvalue weighted by molar-refractivity contribution is 7.98. The van der Waals surface area contributed by atoms with Gasteiger partial charge < -0.3 is 5.11 Å². The summed E-state index contributed by atoms with van der Waals surface area (Å²) in [5.41, 5.74) is 1.47. The van der Waals surface area contributed by atoms with Gasteiger partial charge in [0.05, 0.1) is 5.56 Å². The van der Waals surface area contributed by atoms with E-state index in [0.717, 1.165) is 16.2 Å². The lowest BCUT2D eigenvalue weighted by Crippen LogP contribution is -1.94. The van der Waals surface area contributed by atoms with Crippen LogP contribution in [-0.4, -0.2) is 16.1 Å². The Morgan fingerprint density at radius 1 is 1.24 bits per heavy atom. The summed E-state index contributed by atoms with van der Waals surface area (Å²) >= 11 is 1.66. The Labute approximate surface area is 104 Å². The molecule has 0 saturated heterocycles. The van der Waals surface area contributed by atoms with E-state index in [0.29, 0.717) is 5.56 Å². The molecule has 0 radical (unpaired) electrons. The van der Waals surface area contributed by atoms with Gasteiger partial charge in [-0.05, 0) is 35.9 Å². The van der Waals surface area contributed by atoms with Crippen molar-refractivity contribution in [2.24, 2.45) is 0 Å². The minimum absolute atomic E-state index is 0.315. The first-order valence-electron chi connectivity index (χ1n) is 5.11. The van der Waals surface area contributed by atoms with Crippen molar-refractivity contribution in [1.82, 2.24) is 4.98 Å². The van der Waals surface area contributed by atoms with E-state index in [4.69, 9.17) is 5.11 Å². The zero-order chi connectivity index (χ0) is 12.1. The van der Waals surface area contributed by atoms with E-state index in [-0.39, 0.29) is 0 Å². The molecule has 4 heteroatoms. The largest absolute Gasteiger partial charge is 0.478 e. The lowest BCUT2D eigenvalue weighted by atomic mass is 10.2. The predicted molar refractivity (Wildman–Crippen MR) is 67.2 cm³/mol. The van der Waals surface area contributed by atoms with Crippen LogP contribution in [-0.2, 0) is 5.75 Å². The van der Waals surface area contributed by atoms with Crippen molar-refractivity contribution < 1.29 is 9.90 Å². The normalized spacial score (nSPS) is 10.1. The monoisotopic (exact) mass is 245 g/mol. The summed E-state index contributed by atoms with van der Waals surface area (Å²) in [6.45, 7) is 0. The molecule has 0 fully saturated rings. The van der Waals surface area contributed by atoms with E-state index in [2.05, 4.69) is 4.98 Å². The molecule has 2 aromatic rings. The minimum Gasteiger partial charge on any atom is -0.478 e. The van der Waals surface area contributed by atoms with Crippen LogP contribution < -0.4 is 0 Å². The van der Waals surface area contributed by atoms with Crippen LogP contribution in [0.1, 0.15) is 15.9 Å². The van der Waals surface area contributed by atoms with Gasteiger partial charge in [0.2, 0.25) is 0 Å². The highest BCUT2D eigenvalue weighted by atomic mass is 32.2. The maximum absolute atomic E-state index is 10.7. The number of hydrogen-bond donors (Lipinski definition) is 1. The number of aromatic nitrogens is 1. The van der Waals surface area contributed by atoms with Crippen molar-refractivity contribution in [3.05, 3.63) is 59.9 Å². The first-order valence-corrected chi connectivity index (χ1v) is 6.09. The fraction of sp³-hybridized carbons (Fsp3) is 0.0769. The average Bonchev–Trinajstić information content (AvgIpc) is 2.38. The Bertz CT molecular complexity index is 497. The molecule has 0 aliphatic rings. The van der Waals surface area contributed by atoms with Crippen molar-refractivity contribution in [3.8, 4) is 0 Å². The maximum Gasteiger partial charge on any atom is 0.335 e. The van der Waals surface area contributed by atoms with Crippen molar-refractivity contribution in [2.75, 3.05) is 0 Å². The number of pyridine rings is 1. The number of carbonyl (C=O) groups is 1. The van der Waals surface area contributed by atoms with Crippen LogP contribution in [0.25, 0.3) is 0 Å². The van der Waals surface area contributed by atoms with E-state index < -0.39 is 5.97 Å². The number of rotatable bonds is 4. The predicted octanol–water partition coefficient (Wildman–Crippen LogP) is 3.07. The molecule has 0 aliphatic heterocycles. The number of nitrogens with zero attached hydrogens (tertiary/aromatic N) is 1. The number of aromatic carboxylic acids is 1. The Balaban J connectivity index is 1.98. The average molecular weight is 245 g/mol. The molecule has 1 N–H and O–H groups in total. The molecular formula is C13H11NO2S. The van der Waals surface area contributed by atoms with Crippen molar-refractivity contribution in [1.29, 1.82) is 0 Å². The fourth-order valence-electron chi connectivity index (χ4n) is 1.34. The molecule has 0 unspecified atom stereocenters. The second kappa shape index (κ2) is 5.50. The smallest absolute Gasteiger partial charge is 0.335 e. The number of benzene rings is 1. The lowest BCUT2D eigenvalue weighted by molar-refractivity contribution is 0.0697. The van der Waals surface area contributed by atoms with Gasteiger partial charge in [-0.1, -0.05) is 6.07 Å². The van der Waals surface area contributed by atoms with Crippen LogP contribution in [0.5, 0.6) is 0 Å². The Morgan fingerprint density at radius 3 is 2.59 bits per heavy atom. The maximum atomic E-state index is 10.7. The molecule has 3 nitrogen and oxygen atoms in total. The van der Waals surface area contributed by atoms with Gasteiger partial charge in [-0.25, -0.2) is 4.79 Å². The summed E-state index contributed by atoms with van der Waals surface area (Å²) in [5, 5.41) is 8.77. The van der Waals surface area contributed by atoms with E-state index in [1.165, 1.54) is 0 Å². The van der Waals surface area contributed by atoms with Crippen LogP contribution >= 0.6 is 11.8 Å². The number of hydrogen-bond acceptors (Lipinski definition) is 3. The molecule has 86 valence electrons. The molecule has 1 aromatic carbocycles. The fourth-order valence-corrected chi connectivity index (χ4v) is 2.18. The SMILES string of the molecule is O=C(O)c1ccc(SCc2cccnc2)cc1. The summed E-state index contributed by atoms with van der Waals surface area (Å²) in [6.07, 6.45) is 3.58. The van der Waals surface area contributed by atoms with Crippen LogP contribution in [0.4, 0.5) is 0 Å². The summed E-state index contributed by atoms with van der Waals surface area (Å²) in [5.74, 6) is -0.0610. The lowest BCUT2D eigenvalue weighted by Gasteiger charge is -2.02. The van der Waals surface area contributed by atoms with Gasteiger partial charge in [-0.2, -0.15) is 0 Å². The highest BCUT2D eigenvalue weighted by Crippen LogP contribution is 2.22. The first kappa shape index (κ1) is 11.7. The third-order valence-corrected chi connectivity index (χ3v) is 3.31. The van der Waals surface area contributed by atoms with Gasteiger partial charge in [-0.15, -0.1) is 11.8 Å². The molecule has 0 saturated carbocycles. The van der Waals surface area contributed by atoms with E-state index in [1.807, 2.05) is 30.5 Å². The van der Waals surface area contributed by atoms with Crippen molar-refractivity contribution >= 4 is 17.7 Å². The Morgan fingerprint density at radius 2 is 2.00 bits per heavy atom. The van der Waals surface area contributed by atoms with Gasteiger partial charge in [0.25, 0.3) is 0 Å². The van der Waals surface area contributed by atoms with E-state index >= 15 is 0 Å². The van der Waals surface area contributed by atoms with Gasteiger partial charge in [0.15, 0.2) is 0 Å². The topological polar surface area (TPSA) is 50.2 Å². The molecule has 2 rings (SSSR count). The van der Waals surface area contributed by atoms with E-state index in [9.17, 15) is 4.79 Å². The Kier molecular flexibility index (Phi) is 3.77. The molecule has 0 amide bonds. The molecule has 0 spiro atoms.